The van der Waals surface area contributed by atoms with Gasteiger partial charge in [0.15, 0.2) is 0 Å². The van der Waals surface area contributed by atoms with E-state index in [9.17, 15) is 0 Å². The average Bonchev–Trinajstić information content (AvgIpc) is 2.86. The zero-order valence-electron chi connectivity index (χ0n) is 13.7. The van der Waals surface area contributed by atoms with Crippen molar-refractivity contribution >= 4 is 5.82 Å². The highest BCUT2D eigenvalue weighted by Crippen LogP contribution is 2.32. The van der Waals surface area contributed by atoms with E-state index in [1.165, 1.54) is 29.8 Å². The van der Waals surface area contributed by atoms with Crippen LogP contribution < -0.4 is 10.2 Å². The molecule has 1 fully saturated rings. The minimum Gasteiger partial charge on any atom is -0.353 e. The van der Waals surface area contributed by atoms with Crippen molar-refractivity contribution in [3.05, 3.63) is 22.9 Å². The Morgan fingerprint density at radius 2 is 2.15 bits per heavy atom. The number of pyridine rings is 1. The molecule has 2 heterocycles. The highest BCUT2D eigenvalue weighted by molar-refractivity contribution is 5.53. The minimum absolute atomic E-state index is 0.643. The maximum atomic E-state index is 4.89. The van der Waals surface area contributed by atoms with Gasteiger partial charge in [-0.25, -0.2) is 4.98 Å². The fourth-order valence-corrected chi connectivity index (χ4v) is 3.30. The Hall–Kier alpha value is -1.09. The second kappa shape index (κ2) is 6.57. The summed E-state index contributed by atoms with van der Waals surface area (Å²) in [6.07, 6.45) is 2.59. The van der Waals surface area contributed by atoms with Crippen molar-refractivity contribution in [3.63, 3.8) is 0 Å². The summed E-state index contributed by atoms with van der Waals surface area (Å²) in [5, 5.41) is 3.47. The monoisotopic (exact) mass is 275 g/mol. The van der Waals surface area contributed by atoms with E-state index in [-0.39, 0.29) is 0 Å². The molecule has 1 aliphatic rings. The quantitative estimate of drug-likeness (QED) is 0.892. The number of aryl methyl sites for hydroxylation is 2. The minimum atomic E-state index is 0.643. The first kappa shape index (κ1) is 15.3. The van der Waals surface area contributed by atoms with Gasteiger partial charge in [-0.05, 0) is 50.8 Å². The molecule has 0 aliphatic carbocycles. The van der Waals surface area contributed by atoms with Crippen LogP contribution >= 0.6 is 0 Å². The summed E-state index contributed by atoms with van der Waals surface area (Å²) in [6, 6.07) is 2.85. The molecule has 0 aromatic carbocycles. The normalized spacial score (nSPS) is 19.1. The van der Waals surface area contributed by atoms with E-state index in [1.807, 2.05) is 0 Å². The molecule has 2 rings (SSSR count). The van der Waals surface area contributed by atoms with E-state index in [4.69, 9.17) is 4.98 Å². The van der Waals surface area contributed by atoms with Gasteiger partial charge >= 0.3 is 0 Å². The van der Waals surface area contributed by atoms with Crippen LogP contribution in [0.2, 0.25) is 0 Å². The zero-order valence-corrected chi connectivity index (χ0v) is 13.7. The van der Waals surface area contributed by atoms with E-state index in [1.54, 1.807) is 0 Å². The summed E-state index contributed by atoms with van der Waals surface area (Å²) in [5.74, 6) is 1.91. The van der Waals surface area contributed by atoms with Crippen LogP contribution in [0.25, 0.3) is 0 Å². The van der Waals surface area contributed by atoms with Gasteiger partial charge < -0.3 is 10.2 Å². The van der Waals surface area contributed by atoms with Crippen LogP contribution in [0.5, 0.6) is 0 Å². The van der Waals surface area contributed by atoms with Crippen LogP contribution in [-0.2, 0) is 6.54 Å². The van der Waals surface area contributed by atoms with E-state index >= 15 is 0 Å². The molecule has 112 valence electrons. The van der Waals surface area contributed by atoms with Crippen molar-refractivity contribution in [2.45, 2.75) is 60.0 Å². The molecule has 0 amide bonds. The van der Waals surface area contributed by atoms with Gasteiger partial charge in [-0.1, -0.05) is 20.8 Å². The van der Waals surface area contributed by atoms with Gasteiger partial charge in [0, 0.05) is 30.4 Å². The maximum absolute atomic E-state index is 4.89. The smallest absolute Gasteiger partial charge is 0.133 e. The van der Waals surface area contributed by atoms with Crippen LogP contribution in [0.3, 0.4) is 0 Å². The van der Waals surface area contributed by atoms with Crippen LogP contribution in [0.1, 0.15) is 50.4 Å². The van der Waals surface area contributed by atoms with E-state index in [0.29, 0.717) is 12.0 Å². The largest absolute Gasteiger partial charge is 0.353 e. The molecule has 1 N–H and O–H groups in total. The highest BCUT2D eigenvalue weighted by Gasteiger charge is 2.30. The Bertz CT molecular complexity index is 454. The number of hydrogen-bond donors (Lipinski definition) is 1. The summed E-state index contributed by atoms with van der Waals surface area (Å²) in [6.45, 7) is 14.2. The molecule has 1 saturated heterocycles. The van der Waals surface area contributed by atoms with E-state index in [2.05, 4.69) is 50.9 Å². The molecule has 20 heavy (non-hydrogen) atoms. The SMILES string of the molecule is CCNCc1c(C)cc(C)nc1N1CCCC1C(C)C. The standard InChI is InChI=1S/C17H29N3/c1-6-18-11-15-13(4)10-14(5)19-17(15)20-9-7-8-16(20)12(2)3/h10,12,16,18H,6-9,11H2,1-5H3. The lowest BCUT2D eigenvalue weighted by atomic mass is 10.0. The molecule has 0 radical (unpaired) electrons. The van der Waals surface area contributed by atoms with Gasteiger partial charge in [-0.15, -0.1) is 0 Å². The number of aromatic nitrogens is 1. The summed E-state index contributed by atoms with van der Waals surface area (Å²) < 4.78 is 0. The Labute approximate surface area is 123 Å². The Balaban J connectivity index is 2.38. The van der Waals surface area contributed by atoms with Gasteiger partial charge in [0.1, 0.15) is 5.82 Å². The predicted molar refractivity (Wildman–Crippen MR) is 86.3 cm³/mol. The topological polar surface area (TPSA) is 28.2 Å². The van der Waals surface area contributed by atoms with Crippen molar-refractivity contribution in [2.75, 3.05) is 18.0 Å². The molecule has 3 heteroatoms. The average molecular weight is 275 g/mol. The second-order valence-electron chi connectivity index (χ2n) is 6.31. The molecule has 0 spiro atoms. The van der Waals surface area contributed by atoms with Gasteiger partial charge in [0.2, 0.25) is 0 Å². The first-order valence-corrected chi connectivity index (χ1v) is 7.99. The number of anilines is 1. The number of hydrogen-bond acceptors (Lipinski definition) is 3. The molecule has 1 unspecified atom stereocenters. The van der Waals surface area contributed by atoms with Crippen molar-refractivity contribution in [2.24, 2.45) is 5.92 Å². The highest BCUT2D eigenvalue weighted by atomic mass is 15.2. The summed E-state index contributed by atoms with van der Waals surface area (Å²) in [7, 11) is 0. The van der Waals surface area contributed by atoms with E-state index < -0.39 is 0 Å². The molecular formula is C17H29N3. The first-order valence-electron chi connectivity index (χ1n) is 7.99. The third kappa shape index (κ3) is 3.14. The Morgan fingerprint density at radius 1 is 1.40 bits per heavy atom. The molecular weight excluding hydrogens is 246 g/mol. The molecule has 1 aliphatic heterocycles. The third-order valence-corrected chi connectivity index (χ3v) is 4.35. The van der Waals surface area contributed by atoms with Gasteiger partial charge in [0.05, 0.1) is 0 Å². The van der Waals surface area contributed by atoms with Crippen molar-refractivity contribution < 1.29 is 0 Å². The van der Waals surface area contributed by atoms with Gasteiger partial charge in [-0.3, -0.25) is 0 Å². The molecule has 1 aromatic rings. The number of rotatable bonds is 5. The van der Waals surface area contributed by atoms with Gasteiger partial charge in [0.25, 0.3) is 0 Å². The van der Waals surface area contributed by atoms with Crippen molar-refractivity contribution in [3.8, 4) is 0 Å². The van der Waals surface area contributed by atoms with Crippen molar-refractivity contribution in [1.29, 1.82) is 0 Å². The second-order valence-corrected chi connectivity index (χ2v) is 6.31. The molecule has 1 aromatic heterocycles. The Kier molecular flexibility index (Phi) is 5.03. The lowest BCUT2D eigenvalue weighted by molar-refractivity contribution is 0.488. The summed E-state index contributed by atoms with van der Waals surface area (Å²) >= 11 is 0. The molecule has 1 atom stereocenters. The maximum Gasteiger partial charge on any atom is 0.133 e. The molecule has 0 saturated carbocycles. The number of nitrogens with zero attached hydrogens (tertiary/aromatic N) is 2. The summed E-state index contributed by atoms with van der Waals surface area (Å²) in [4.78, 5) is 7.44. The lowest BCUT2D eigenvalue weighted by Gasteiger charge is -2.31. The van der Waals surface area contributed by atoms with Crippen LogP contribution in [0, 0.1) is 19.8 Å². The van der Waals surface area contributed by atoms with E-state index in [0.717, 1.165) is 25.3 Å². The van der Waals surface area contributed by atoms with Crippen LogP contribution in [0.15, 0.2) is 6.07 Å². The number of nitrogens with one attached hydrogen (secondary N) is 1. The predicted octanol–water partition coefficient (Wildman–Crippen LogP) is 3.43. The third-order valence-electron chi connectivity index (χ3n) is 4.35. The fraction of sp³-hybridized carbons (Fsp3) is 0.706. The Morgan fingerprint density at radius 3 is 2.80 bits per heavy atom. The molecule has 0 bridgehead atoms. The van der Waals surface area contributed by atoms with Crippen LogP contribution in [0.4, 0.5) is 5.82 Å². The zero-order chi connectivity index (χ0) is 14.7. The molecule has 3 nitrogen and oxygen atoms in total. The fourth-order valence-electron chi connectivity index (χ4n) is 3.30. The lowest BCUT2D eigenvalue weighted by Crippen LogP contribution is -2.35. The van der Waals surface area contributed by atoms with Crippen molar-refractivity contribution in [1.82, 2.24) is 10.3 Å². The summed E-state index contributed by atoms with van der Waals surface area (Å²) in [5.41, 5.74) is 3.88. The first-order chi connectivity index (χ1) is 9.54. The van der Waals surface area contributed by atoms with Gasteiger partial charge in [-0.2, -0.15) is 0 Å². The van der Waals surface area contributed by atoms with Crippen LogP contribution in [-0.4, -0.2) is 24.1 Å².